The third-order valence-electron chi connectivity index (χ3n) is 7.47. The molecule has 0 spiro atoms. The van der Waals surface area contributed by atoms with Crippen molar-refractivity contribution in [3.05, 3.63) is 29.8 Å². The molecule has 3 aliphatic heterocycles. The molecular formula is C25H37N3O4. The van der Waals surface area contributed by atoms with Crippen LogP contribution < -0.4 is 5.32 Å². The average molecular weight is 444 g/mol. The zero-order chi connectivity index (χ0) is 22.3. The molecule has 2 amide bonds. The van der Waals surface area contributed by atoms with E-state index in [0.29, 0.717) is 17.5 Å². The summed E-state index contributed by atoms with van der Waals surface area (Å²) >= 11 is 0. The zero-order valence-electron chi connectivity index (χ0n) is 19.0. The Balaban J connectivity index is 1.16. The van der Waals surface area contributed by atoms with Crippen LogP contribution in [-0.4, -0.2) is 78.7 Å². The predicted octanol–water partition coefficient (Wildman–Crippen LogP) is 2.18. The molecule has 0 saturated carbocycles. The summed E-state index contributed by atoms with van der Waals surface area (Å²) in [7, 11) is 0. The number of hydrogen-bond donors (Lipinski definition) is 2. The molecule has 3 fully saturated rings. The lowest BCUT2D eigenvalue weighted by molar-refractivity contribution is -0.132. The summed E-state index contributed by atoms with van der Waals surface area (Å²) in [5.41, 5.74) is 0.691. The Bertz CT molecular complexity index is 764. The standard InChI is InChI=1S/C25H37N3O4/c29-23-4-2-1-3-21(23)17-24(30)28-13-7-22(8-14-28)27-11-5-20(6-12-27)25(31)26-18-19-9-15-32-16-10-19/h1-4,19-20,22,29H,5-18H2,(H,26,31). The second kappa shape index (κ2) is 11.1. The molecule has 3 heterocycles. The summed E-state index contributed by atoms with van der Waals surface area (Å²) in [5, 5.41) is 13.1. The minimum Gasteiger partial charge on any atom is -0.508 e. The molecule has 1 aromatic carbocycles. The summed E-state index contributed by atoms with van der Waals surface area (Å²) in [4.78, 5) is 29.7. The first kappa shape index (κ1) is 23.1. The van der Waals surface area contributed by atoms with Crippen LogP contribution >= 0.6 is 0 Å². The van der Waals surface area contributed by atoms with Gasteiger partial charge >= 0.3 is 0 Å². The number of phenols is 1. The molecule has 7 heteroatoms. The van der Waals surface area contributed by atoms with Crippen molar-refractivity contribution < 1.29 is 19.4 Å². The molecule has 0 aromatic heterocycles. The largest absolute Gasteiger partial charge is 0.508 e. The van der Waals surface area contributed by atoms with Gasteiger partial charge in [0.1, 0.15) is 5.75 Å². The van der Waals surface area contributed by atoms with Gasteiger partial charge in [0.25, 0.3) is 0 Å². The third-order valence-corrected chi connectivity index (χ3v) is 7.47. The fraction of sp³-hybridized carbons (Fsp3) is 0.680. The van der Waals surface area contributed by atoms with E-state index in [1.54, 1.807) is 12.1 Å². The van der Waals surface area contributed by atoms with Crippen molar-refractivity contribution in [2.24, 2.45) is 11.8 Å². The zero-order valence-corrected chi connectivity index (χ0v) is 19.0. The number of carbonyl (C=O) groups is 2. The van der Waals surface area contributed by atoms with Gasteiger partial charge in [0.05, 0.1) is 6.42 Å². The molecule has 0 unspecified atom stereocenters. The number of amides is 2. The van der Waals surface area contributed by atoms with Gasteiger partial charge in [-0.25, -0.2) is 0 Å². The Morgan fingerprint density at radius 2 is 1.66 bits per heavy atom. The fourth-order valence-electron chi connectivity index (χ4n) is 5.28. The Kier molecular flexibility index (Phi) is 8.03. The monoisotopic (exact) mass is 443 g/mol. The average Bonchev–Trinajstić information content (AvgIpc) is 2.85. The molecule has 0 bridgehead atoms. The molecule has 0 aliphatic carbocycles. The van der Waals surface area contributed by atoms with Gasteiger partial charge in [0.2, 0.25) is 11.8 Å². The van der Waals surface area contributed by atoms with Crippen LogP contribution in [0.15, 0.2) is 24.3 Å². The molecular weight excluding hydrogens is 406 g/mol. The van der Waals surface area contributed by atoms with Crippen molar-refractivity contribution in [1.29, 1.82) is 0 Å². The van der Waals surface area contributed by atoms with Gasteiger partial charge in [-0.1, -0.05) is 18.2 Å². The van der Waals surface area contributed by atoms with Crippen LogP contribution in [0.5, 0.6) is 5.75 Å². The number of para-hydroxylation sites is 1. The number of rotatable bonds is 6. The lowest BCUT2D eigenvalue weighted by Crippen LogP contribution is -2.50. The number of piperidine rings is 2. The lowest BCUT2D eigenvalue weighted by Gasteiger charge is -2.41. The van der Waals surface area contributed by atoms with Gasteiger partial charge in [-0.15, -0.1) is 0 Å². The molecule has 32 heavy (non-hydrogen) atoms. The molecule has 3 saturated heterocycles. The first-order valence-electron chi connectivity index (χ1n) is 12.2. The predicted molar refractivity (Wildman–Crippen MR) is 122 cm³/mol. The number of aromatic hydroxyl groups is 1. The van der Waals surface area contributed by atoms with Gasteiger partial charge < -0.3 is 25.0 Å². The number of hydrogen-bond acceptors (Lipinski definition) is 5. The van der Waals surface area contributed by atoms with E-state index in [1.807, 2.05) is 17.0 Å². The van der Waals surface area contributed by atoms with Gasteiger partial charge in [0, 0.05) is 50.4 Å². The van der Waals surface area contributed by atoms with E-state index in [1.165, 1.54) is 0 Å². The summed E-state index contributed by atoms with van der Waals surface area (Å²) in [5.74, 6) is 1.19. The highest BCUT2D eigenvalue weighted by Gasteiger charge is 2.32. The smallest absolute Gasteiger partial charge is 0.227 e. The maximum absolute atomic E-state index is 12.6. The highest BCUT2D eigenvalue weighted by molar-refractivity contribution is 5.79. The molecule has 0 radical (unpaired) electrons. The Labute approximate surface area is 191 Å². The number of carbonyl (C=O) groups excluding carboxylic acids is 2. The molecule has 7 nitrogen and oxygen atoms in total. The van der Waals surface area contributed by atoms with E-state index in [2.05, 4.69) is 10.2 Å². The number of likely N-dealkylation sites (tertiary alicyclic amines) is 2. The van der Waals surface area contributed by atoms with Crippen LogP contribution in [0.3, 0.4) is 0 Å². The summed E-state index contributed by atoms with van der Waals surface area (Å²) < 4.78 is 5.39. The molecule has 1 aromatic rings. The minimum absolute atomic E-state index is 0.0878. The Morgan fingerprint density at radius 3 is 2.34 bits per heavy atom. The van der Waals surface area contributed by atoms with E-state index in [0.717, 1.165) is 84.5 Å². The number of benzene rings is 1. The van der Waals surface area contributed by atoms with Gasteiger partial charge in [-0.05, 0) is 63.6 Å². The summed E-state index contributed by atoms with van der Waals surface area (Å²) in [6, 6.07) is 7.56. The molecule has 3 aliphatic rings. The first-order valence-corrected chi connectivity index (χ1v) is 12.2. The van der Waals surface area contributed by atoms with Crippen molar-refractivity contribution in [3.63, 3.8) is 0 Å². The van der Waals surface area contributed by atoms with Crippen LogP contribution in [0, 0.1) is 11.8 Å². The number of phenolic OH excluding ortho intramolecular Hbond substituents is 1. The van der Waals surface area contributed by atoms with Crippen LogP contribution in [0.1, 0.15) is 44.1 Å². The second-order valence-corrected chi connectivity index (χ2v) is 9.53. The summed E-state index contributed by atoms with van der Waals surface area (Å²) in [6.07, 6.45) is 6.16. The molecule has 2 N–H and O–H groups in total. The quantitative estimate of drug-likeness (QED) is 0.704. The minimum atomic E-state index is 0.0878. The van der Waals surface area contributed by atoms with E-state index >= 15 is 0 Å². The number of nitrogens with one attached hydrogen (secondary N) is 1. The highest BCUT2D eigenvalue weighted by atomic mass is 16.5. The fourth-order valence-corrected chi connectivity index (χ4v) is 5.28. The van der Waals surface area contributed by atoms with Crippen LogP contribution in [0.2, 0.25) is 0 Å². The van der Waals surface area contributed by atoms with Crippen molar-refractivity contribution in [2.75, 3.05) is 45.9 Å². The van der Waals surface area contributed by atoms with E-state index in [-0.39, 0.29) is 29.9 Å². The number of nitrogens with zero attached hydrogens (tertiary/aromatic N) is 2. The lowest BCUT2D eigenvalue weighted by atomic mass is 9.92. The molecule has 4 rings (SSSR count). The second-order valence-electron chi connectivity index (χ2n) is 9.53. The maximum Gasteiger partial charge on any atom is 0.227 e. The van der Waals surface area contributed by atoms with Crippen molar-refractivity contribution >= 4 is 11.8 Å². The Morgan fingerprint density at radius 1 is 0.969 bits per heavy atom. The van der Waals surface area contributed by atoms with E-state index in [4.69, 9.17) is 4.74 Å². The van der Waals surface area contributed by atoms with Gasteiger partial charge in [0.15, 0.2) is 0 Å². The normalized spacial score (nSPS) is 22.1. The molecule has 0 atom stereocenters. The van der Waals surface area contributed by atoms with Crippen molar-refractivity contribution in [2.45, 2.75) is 51.0 Å². The van der Waals surface area contributed by atoms with Crippen LogP contribution in [-0.2, 0) is 20.7 Å². The first-order chi connectivity index (χ1) is 15.6. The number of ether oxygens (including phenoxy) is 1. The van der Waals surface area contributed by atoms with E-state index < -0.39 is 0 Å². The van der Waals surface area contributed by atoms with Crippen molar-refractivity contribution in [1.82, 2.24) is 15.1 Å². The van der Waals surface area contributed by atoms with Crippen LogP contribution in [0.25, 0.3) is 0 Å². The maximum atomic E-state index is 12.6. The van der Waals surface area contributed by atoms with Crippen molar-refractivity contribution in [3.8, 4) is 5.75 Å². The Hall–Kier alpha value is -2.12. The van der Waals surface area contributed by atoms with Gasteiger partial charge in [-0.3, -0.25) is 9.59 Å². The summed E-state index contributed by atoms with van der Waals surface area (Å²) in [6.45, 7) is 5.88. The van der Waals surface area contributed by atoms with E-state index in [9.17, 15) is 14.7 Å². The highest BCUT2D eigenvalue weighted by Crippen LogP contribution is 2.25. The molecule has 176 valence electrons. The van der Waals surface area contributed by atoms with Gasteiger partial charge in [-0.2, -0.15) is 0 Å². The SMILES string of the molecule is O=C(NCC1CCOCC1)C1CCN(C2CCN(C(=O)Cc3ccccc3O)CC2)CC1. The van der Waals surface area contributed by atoms with Crippen LogP contribution in [0.4, 0.5) is 0 Å². The third kappa shape index (κ3) is 6.01. The topological polar surface area (TPSA) is 82.1 Å².